The average Bonchev–Trinajstić information content (AvgIpc) is 3.18. The van der Waals surface area contributed by atoms with Crippen LogP contribution in [0.2, 0.25) is 0 Å². The first kappa shape index (κ1) is 18.9. The molecule has 0 radical (unpaired) electrons. The largest absolute Gasteiger partial charge is 0.319 e. The molecule has 2 aromatic carbocycles. The number of hydrogen-bond donors (Lipinski definition) is 1. The first-order chi connectivity index (χ1) is 14.6. The van der Waals surface area contributed by atoms with E-state index < -0.39 is 5.91 Å². The summed E-state index contributed by atoms with van der Waals surface area (Å²) in [6.45, 7) is 0. The van der Waals surface area contributed by atoms with Crippen molar-refractivity contribution in [1.29, 1.82) is 5.26 Å². The van der Waals surface area contributed by atoms with Crippen LogP contribution in [0.3, 0.4) is 0 Å². The predicted octanol–water partition coefficient (Wildman–Crippen LogP) is 3.73. The Bertz CT molecular complexity index is 1290. The highest BCUT2D eigenvalue weighted by molar-refractivity contribution is 6.11. The van der Waals surface area contributed by atoms with Gasteiger partial charge in [0, 0.05) is 24.6 Å². The summed E-state index contributed by atoms with van der Waals surface area (Å²) in [6, 6.07) is 23.1. The topological polar surface area (TPSA) is 90.5 Å². The lowest BCUT2D eigenvalue weighted by Gasteiger charge is -2.16. The normalized spacial score (nSPS) is 10.4. The standard InChI is InChI=1S/C23H17N5O2/c1-27(18-10-3-2-4-11-18)23(30)20-19-12-5-6-13-28(19)21(26-20)22(29)25-17-9-7-8-16(14-17)15-24/h2-14H,1H3,(H,25,29). The van der Waals surface area contributed by atoms with E-state index in [4.69, 9.17) is 5.26 Å². The number of aromatic nitrogens is 2. The highest BCUT2D eigenvalue weighted by Crippen LogP contribution is 2.20. The van der Waals surface area contributed by atoms with Gasteiger partial charge in [0.05, 0.1) is 17.1 Å². The molecule has 0 fully saturated rings. The van der Waals surface area contributed by atoms with Crippen molar-refractivity contribution in [3.05, 3.63) is 96.1 Å². The van der Waals surface area contributed by atoms with E-state index in [0.29, 0.717) is 16.8 Å². The van der Waals surface area contributed by atoms with Crippen LogP contribution in [0.5, 0.6) is 0 Å². The lowest BCUT2D eigenvalue weighted by atomic mass is 10.2. The van der Waals surface area contributed by atoms with E-state index in [1.807, 2.05) is 36.4 Å². The second kappa shape index (κ2) is 7.89. The van der Waals surface area contributed by atoms with Crippen LogP contribution in [0.15, 0.2) is 79.0 Å². The summed E-state index contributed by atoms with van der Waals surface area (Å²) < 4.78 is 1.58. The summed E-state index contributed by atoms with van der Waals surface area (Å²) in [4.78, 5) is 31.9. The number of hydrogen-bond acceptors (Lipinski definition) is 4. The van der Waals surface area contributed by atoms with Gasteiger partial charge in [-0.25, -0.2) is 4.98 Å². The van der Waals surface area contributed by atoms with Crippen molar-refractivity contribution in [2.75, 3.05) is 17.3 Å². The van der Waals surface area contributed by atoms with Crippen molar-refractivity contribution in [2.24, 2.45) is 0 Å². The second-order valence-electron chi connectivity index (χ2n) is 6.59. The fraction of sp³-hybridized carbons (Fsp3) is 0.0435. The number of carbonyl (C=O) groups excluding carboxylic acids is 2. The van der Waals surface area contributed by atoms with Gasteiger partial charge in [0.25, 0.3) is 11.8 Å². The van der Waals surface area contributed by atoms with E-state index in [1.54, 1.807) is 60.1 Å². The van der Waals surface area contributed by atoms with Gasteiger partial charge >= 0.3 is 0 Å². The molecule has 0 saturated carbocycles. The minimum Gasteiger partial charge on any atom is -0.319 e. The molecule has 4 rings (SSSR count). The lowest BCUT2D eigenvalue weighted by molar-refractivity contribution is 0.0990. The molecule has 30 heavy (non-hydrogen) atoms. The zero-order valence-corrected chi connectivity index (χ0v) is 16.1. The summed E-state index contributed by atoms with van der Waals surface area (Å²) >= 11 is 0. The predicted molar refractivity (Wildman–Crippen MR) is 113 cm³/mol. The van der Waals surface area contributed by atoms with Crippen LogP contribution >= 0.6 is 0 Å². The molecule has 1 N–H and O–H groups in total. The number of benzene rings is 2. The Hall–Kier alpha value is -4.44. The summed E-state index contributed by atoms with van der Waals surface area (Å²) in [7, 11) is 1.67. The van der Waals surface area contributed by atoms with E-state index in [1.165, 1.54) is 4.90 Å². The van der Waals surface area contributed by atoms with Crippen LogP contribution in [-0.2, 0) is 0 Å². The van der Waals surface area contributed by atoms with Crippen LogP contribution in [0, 0.1) is 11.3 Å². The molecule has 0 unspecified atom stereocenters. The molecule has 0 bridgehead atoms. The van der Waals surface area contributed by atoms with Crippen molar-refractivity contribution >= 4 is 28.7 Å². The van der Waals surface area contributed by atoms with E-state index in [2.05, 4.69) is 10.3 Å². The summed E-state index contributed by atoms with van der Waals surface area (Å²) in [5.41, 5.74) is 2.33. The Labute approximate surface area is 172 Å². The van der Waals surface area contributed by atoms with Crippen LogP contribution in [0.25, 0.3) is 5.52 Å². The highest BCUT2D eigenvalue weighted by Gasteiger charge is 2.24. The van der Waals surface area contributed by atoms with Gasteiger partial charge in [0.15, 0.2) is 5.69 Å². The average molecular weight is 395 g/mol. The molecule has 0 aliphatic heterocycles. The fourth-order valence-electron chi connectivity index (χ4n) is 3.14. The number of nitrogens with zero attached hydrogens (tertiary/aromatic N) is 4. The number of amides is 2. The molecule has 2 aromatic heterocycles. The van der Waals surface area contributed by atoms with Crippen LogP contribution in [0.4, 0.5) is 11.4 Å². The number of nitrogens with one attached hydrogen (secondary N) is 1. The smallest absolute Gasteiger partial charge is 0.292 e. The molecule has 4 aromatic rings. The Kier molecular flexibility index (Phi) is 4.97. The Morgan fingerprint density at radius 2 is 1.80 bits per heavy atom. The van der Waals surface area contributed by atoms with Crippen LogP contribution < -0.4 is 10.2 Å². The van der Waals surface area contributed by atoms with Crippen molar-refractivity contribution in [3.63, 3.8) is 0 Å². The number of rotatable bonds is 4. The maximum atomic E-state index is 13.1. The molecule has 2 heterocycles. The van der Waals surface area contributed by atoms with Crippen molar-refractivity contribution in [1.82, 2.24) is 9.38 Å². The van der Waals surface area contributed by atoms with E-state index in [9.17, 15) is 9.59 Å². The number of imidazole rings is 1. The van der Waals surface area contributed by atoms with Crippen molar-refractivity contribution in [2.45, 2.75) is 0 Å². The molecular formula is C23H17N5O2. The minimum atomic E-state index is -0.479. The quantitative estimate of drug-likeness (QED) is 0.570. The minimum absolute atomic E-state index is 0.0813. The molecule has 0 aliphatic rings. The number of fused-ring (bicyclic) bond motifs is 1. The molecule has 0 aliphatic carbocycles. The molecule has 0 saturated heterocycles. The molecule has 146 valence electrons. The third-order valence-corrected chi connectivity index (χ3v) is 4.65. The van der Waals surface area contributed by atoms with Gasteiger partial charge < -0.3 is 10.2 Å². The van der Waals surface area contributed by atoms with Gasteiger partial charge in [-0.2, -0.15) is 5.26 Å². The zero-order valence-electron chi connectivity index (χ0n) is 16.1. The number of pyridine rings is 1. The van der Waals surface area contributed by atoms with Crippen molar-refractivity contribution < 1.29 is 9.59 Å². The Morgan fingerprint density at radius 3 is 2.57 bits per heavy atom. The van der Waals surface area contributed by atoms with Gasteiger partial charge in [0.2, 0.25) is 5.82 Å². The summed E-state index contributed by atoms with van der Waals surface area (Å²) in [6.07, 6.45) is 1.68. The first-order valence-electron chi connectivity index (χ1n) is 9.20. The maximum absolute atomic E-state index is 13.1. The first-order valence-corrected chi connectivity index (χ1v) is 9.20. The van der Waals surface area contributed by atoms with Gasteiger partial charge in [-0.1, -0.05) is 30.3 Å². The van der Waals surface area contributed by atoms with Crippen molar-refractivity contribution in [3.8, 4) is 6.07 Å². The maximum Gasteiger partial charge on any atom is 0.292 e. The van der Waals surface area contributed by atoms with E-state index in [0.717, 1.165) is 5.69 Å². The Balaban J connectivity index is 1.71. The number of carbonyl (C=O) groups is 2. The summed E-state index contributed by atoms with van der Waals surface area (Å²) in [5.74, 6) is -0.721. The number of nitriles is 1. The van der Waals surface area contributed by atoms with Gasteiger partial charge in [-0.3, -0.25) is 14.0 Å². The third-order valence-electron chi connectivity index (χ3n) is 4.65. The third kappa shape index (κ3) is 3.50. The lowest BCUT2D eigenvalue weighted by Crippen LogP contribution is -2.26. The SMILES string of the molecule is CN(C(=O)c1nc(C(=O)Nc2cccc(C#N)c2)n2ccccc12)c1ccccc1. The van der Waals surface area contributed by atoms with Crippen LogP contribution in [-0.4, -0.2) is 28.2 Å². The number of anilines is 2. The van der Waals surface area contributed by atoms with E-state index in [-0.39, 0.29) is 17.4 Å². The Morgan fingerprint density at radius 1 is 1.03 bits per heavy atom. The fourth-order valence-corrected chi connectivity index (χ4v) is 3.14. The second-order valence-corrected chi connectivity index (χ2v) is 6.59. The monoisotopic (exact) mass is 395 g/mol. The van der Waals surface area contributed by atoms with Gasteiger partial charge in [-0.05, 0) is 42.5 Å². The molecule has 0 spiro atoms. The molecule has 0 atom stereocenters. The van der Waals surface area contributed by atoms with Crippen LogP contribution in [0.1, 0.15) is 26.7 Å². The molecule has 7 heteroatoms. The zero-order chi connectivity index (χ0) is 21.1. The van der Waals surface area contributed by atoms with E-state index >= 15 is 0 Å². The molecular weight excluding hydrogens is 378 g/mol. The highest BCUT2D eigenvalue weighted by atomic mass is 16.2. The number of para-hydroxylation sites is 1. The van der Waals surface area contributed by atoms with Gasteiger partial charge in [-0.15, -0.1) is 0 Å². The van der Waals surface area contributed by atoms with Gasteiger partial charge in [0.1, 0.15) is 0 Å². The summed E-state index contributed by atoms with van der Waals surface area (Å²) in [5, 5.41) is 11.8. The molecule has 7 nitrogen and oxygen atoms in total. The molecule has 2 amide bonds.